The maximum Gasteiger partial charge on any atom is 0.330 e. The van der Waals surface area contributed by atoms with Crippen LogP contribution in [-0.2, 0) is 30.6 Å². The predicted molar refractivity (Wildman–Crippen MR) is 139 cm³/mol. The van der Waals surface area contributed by atoms with Crippen LogP contribution in [0.25, 0.3) is 0 Å². The van der Waals surface area contributed by atoms with Crippen LogP contribution in [0.2, 0.25) is 0 Å². The summed E-state index contributed by atoms with van der Waals surface area (Å²) >= 11 is 5.73. The second-order valence-electron chi connectivity index (χ2n) is 9.17. The average molecular weight is 566 g/mol. The summed E-state index contributed by atoms with van der Waals surface area (Å²) in [7, 11) is 0. The molecule has 2 aromatic rings. The zero-order valence-corrected chi connectivity index (χ0v) is 22.5. The lowest BCUT2D eigenvalue weighted by Crippen LogP contribution is -2.52. The summed E-state index contributed by atoms with van der Waals surface area (Å²) in [5.74, 6) is 1.88. The summed E-state index contributed by atoms with van der Waals surface area (Å²) in [4.78, 5) is 38.5. The number of benzene rings is 1. The van der Waals surface area contributed by atoms with E-state index < -0.39 is 59.5 Å². The molecule has 4 rings (SSSR count). The first kappa shape index (κ1) is 28.2. The lowest BCUT2D eigenvalue weighted by molar-refractivity contribution is -0.149. The van der Waals surface area contributed by atoms with Gasteiger partial charge in [0.05, 0.1) is 6.10 Å². The minimum absolute atomic E-state index is 0.284. The average Bonchev–Trinajstić information content (AvgIpc) is 3.33. The molecule has 1 saturated heterocycles. The largest absolute Gasteiger partial charge is 0.462 e. The van der Waals surface area contributed by atoms with Crippen LogP contribution in [0.5, 0.6) is 5.75 Å². The number of hydrogen-bond acceptors (Lipinski definition) is 10. The number of carbonyl (C=O) groups excluding carboxylic acids is 1. The molecule has 2 aliphatic rings. The molecule has 1 saturated carbocycles. The van der Waals surface area contributed by atoms with E-state index >= 15 is 0 Å². The van der Waals surface area contributed by atoms with E-state index in [1.807, 2.05) is 4.98 Å². The Balaban J connectivity index is 1.63. The third-order valence-electron chi connectivity index (χ3n) is 6.18. The van der Waals surface area contributed by atoms with E-state index in [2.05, 4.69) is 11.0 Å². The first-order valence-electron chi connectivity index (χ1n) is 11.8. The van der Waals surface area contributed by atoms with E-state index in [-0.39, 0.29) is 12.5 Å². The van der Waals surface area contributed by atoms with Gasteiger partial charge in [0, 0.05) is 12.3 Å². The van der Waals surface area contributed by atoms with Crippen LogP contribution >= 0.6 is 6.64 Å². The fourth-order valence-corrected chi connectivity index (χ4v) is 6.94. The van der Waals surface area contributed by atoms with Crippen molar-refractivity contribution in [1.29, 1.82) is 0 Å². The number of hydrogen-bond donors (Lipinski definition) is 4. The Hall–Kier alpha value is -2.82. The van der Waals surface area contributed by atoms with Gasteiger partial charge in [0.15, 0.2) is 11.8 Å². The number of aliphatic hydroxyl groups is 2. The summed E-state index contributed by atoms with van der Waals surface area (Å²) in [5.41, 5.74) is -6.19. The molecule has 0 spiro atoms. The van der Waals surface area contributed by atoms with Crippen molar-refractivity contribution in [2.24, 2.45) is 0 Å². The number of nitrogens with one attached hydrogen (secondary N) is 2. The van der Waals surface area contributed by atoms with Crippen molar-refractivity contribution in [1.82, 2.24) is 14.6 Å². The van der Waals surface area contributed by atoms with E-state index in [1.54, 1.807) is 51.1 Å². The summed E-state index contributed by atoms with van der Waals surface area (Å²) in [6, 6.07) is 8.61. The second-order valence-corrected chi connectivity index (χ2v) is 12.3. The van der Waals surface area contributed by atoms with Crippen molar-refractivity contribution >= 4 is 24.4 Å². The number of ether oxygens (including phenoxy) is 2. The summed E-state index contributed by atoms with van der Waals surface area (Å²) in [6.45, 7) is 1.53. The number of nitrogens with zero attached hydrogens (tertiary/aromatic N) is 1. The van der Waals surface area contributed by atoms with Gasteiger partial charge in [-0.1, -0.05) is 31.0 Å². The number of aromatic nitrogens is 2. The number of carbonyl (C=O) groups is 1. The Morgan fingerprint density at radius 1 is 1.32 bits per heavy atom. The number of para-hydroxylation sites is 1. The Morgan fingerprint density at radius 2 is 2.00 bits per heavy atom. The molecule has 38 heavy (non-hydrogen) atoms. The number of aromatic amines is 1. The van der Waals surface area contributed by atoms with Gasteiger partial charge in [-0.15, -0.1) is 6.42 Å². The van der Waals surface area contributed by atoms with Crippen molar-refractivity contribution < 1.29 is 33.5 Å². The molecular weight excluding hydrogens is 537 g/mol. The molecule has 0 radical (unpaired) electrons. The van der Waals surface area contributed by atoms with E-state index in [4.69, 9.17) is 36.8 Å². The van der Waals surface area contributed by atoms with Crippen molar-refractivity contribution in [3.8, 4) is 18.1 Å². The molecule has 0 bridgehead atoms. The molecular formula is C24H28N3O9PS. The number of esters is 1. The van der Waals surface area contributed by atoms with Crippen LogP contribution in [0.15, 0.2) is 52.2 Å². The quantitative estimate of drug-likeness (QED) is 0.181. The minimum Gasteiger partial charge on any atom is -0.462 e. The van der Waals surface area contributed by atoms with Crippen molar-refractivity contribution in [3.05, 3.63) is 63.4 Å². The second kappa shape index (κ2) is 10.4. The monoisotopic (exact) mass is 565 g/mol. The molecule has 1 aromatic heterocycles. The van der Waals surface area contributed by atoms with Gasteiger partial charge in [0.25, 0.3) is 5.56 Å². The van der Waals surface area contributed by atoms with Gasteiger partial charge in [0.2, 0.25) is 5.60 Å². The highest BCUT2D eigenvalue weighted by atomic mass is 32.5. The first-order valence-corrected chi connectivity index (χ1v) is 14.4. The van der Waals surface area contributed by atoms with Crippen LogP contribution in [0.4, 0.5) is 0 Å². The van der Waals surface area contributed by atoms with Crippen LogP contribution < -0.4 is 20.9 Å². The van der Waals surface area contributed by atoms with E-state index in [1.165, 1.54) is 0 Å². The molecule has 1 aromatic carbocycles. The number of H-pyrrole nitrogens is 1. The van der Waals surface area contributed by atoms with Crippen molar-refractivity contribution in [3.63, 3.8) is 0 Å². The molecule has 1 aliphatic carbocycles. The molecule has 0 amide bonds. The van der Waals surface area contributed by atoms with Gasteiger partial charge in [-0.2, -0.15) is 0 Å². The van der Waals surface area contributed by atoms with Crippen LogP contribution in [0, 0.1) is 12.3 Å². The van der Waals surface area contributed by atoms with Crippen LogP contribution in [0.1, 0.15) is 33.4 Å². The van der Waals surface area contributed by atoms with Crippen LogP contribution in [-0.4, -0.2) is 61.3 Å². The Kier molecular flexibility index (Phi) is 7.71. The van der Waals surface area contributed by atoms with Gasteiger partial charge in [-0.3, -0.25) is 23.7 Å². The van der Waals surface area contributed by atoms with Gasteiger partial charge in [-0.05, 0) is 44.2 Å². The van der Waals surface area contributed by atoms with Crippen molar-refractivity contribution in [2.75, 3.05) is 0 Å². The maximum atomic E-state index is 12.7. The lowest BCUT2D eigenvalue weighted by Gasteiger charge is -2.34. The molecule has 3 unspecified atom stereocenters. The zero-order chi connectivity index (χ0) is 27.9. The highest BCUT2D eigenvalue weighted by Crippen LogP contribution is 2.64. The van der Waals surface area contributed by atoms with Gasteiger partial charge >= 0.3 is 18.3 Å². The predicted octanol–water partition coefficient (Wildman–Crippen LogP) is 0.552. The summed E-state index contributed by atoms with van der Waals surface area (Å²) in [5, 5.41) is 25.7. The molecule has 204 valence electrons. The Labute approximate surface area is 223 Å². The zero-order valence-electron chi connectivity index (χ0n) is 20.8. The minimum atomic E-state index is -3.63. The van der Waals surface area contributed by atoms with Crippen LogP contribution in [0.3, 0.4) is 0 Å². The fourth-order valence-electron chi connectivity index (χ4n) is 4.22. The Bertz CT molecular complexity index is 1410. The van der Waals surface area contributed by atoms with E-state index in [9.17, 15) is 24.6 Å². The highest BCUT2D eigenvalue weighted by Gasteiger charge is 2.85. The fraction of sp³-hybridized carbons (Fsp3) is 0.458. The third-order valence-corrected chi connectivity index (χ3v) is 8.56. The number of fused-ring (bicyclic) bond motifs is 1. The maximum absolute atomic E-state index is 12.7. The third kappa shape index (κ3) is 4.97. The number of rotatable bonds is 10. The smallest absolute Gasteiger partial charge is 0.330 e. The molecule has 2 fully saturated rings. The standard InChI is InChI=1S/C24H28N3O9PS/c1-5-16(20(29)33-14(3)4)26-37(38,35-15-10-8-7-9-11-15)36-19-18-24(19,32)23(31,6-2)21(34-18)27-13-12-17(28)25-22(27)30/h2,7-14,16,18-19,21,31-32H,5H2,1,3-4H3,(H,26,38)(H,25,28,30)/t16?,18-,19?,21-,23+,24+,37?/m1/s1. The Morgan fingerprint density at radius 3 is 2.58 bits per heavy atom. The molecule has 1 aliphatic heterocycles. The molecule has 4 N–H and O–H groups in total. The van der Waals surface area contributed by atoms with Gasteiger partial charge in [0.1, 0.15) is 24.0 Å². The topological polar surface area (TPSA) is 161 Å². The first-order chi connectivity index (χ1) is 17.9. The number of terminal acetylenes is 1. The van der Waals surface area contributed by atoms with E-state index in [0.29, 0.717) is 5.75 Å². The molecule has 14 heteroatoms. The molecule has 7 atom stereocenters. The summed E-state index contributed by atoms with van der Waals surface area (Å²) in [6.07, 6.45) is 2.59. The highest BCUT2D eigenvalue weighted by molar-refractivity contribution is 8.09. The van der Waals surface area contributed by atoms with Crippen molar-refractivity contribution in [2.45, 2.75) is 69.0 Å². The van der Waals surface area contributed by atoms with Gasteiger partial charge < -0.3 is 24.2 Å². The molecule has 2 heterocycles. The normalized spacial score (nSPS) is 30.1. The van der Waals surface area contributed by atoms with Gasteiger partial charge in [-0.25, -0.2) is 9.88 Å². The van der Waals surface area contributed by atoms with E-state index in [0.717, 1.165) is 16.8 Å². The molecule has 12 nitrogen and oxygen atoms in total. The summed E-state index contributed by atoms with van der Waals surface area (Å²) < 4.78 is 24.0. The lowest BCUT2D eigenvalue weighted by atomic mass is 9.94. The SMILES string of the molecule is C#C[C@]1(O)[C@H](n2ccc(=O)[nH]c2=O)O[C@@H]2C(OP(=S)(NC(CC)C(=O)OC(C)C)Oc3ccccc3)[C@@]21O.